The van der Waals surface area contributed by atoms with E-state index >= 15 is 0 Å². The Hall–Kier alpha value is -1.30. The summed E-state index contributed by atoms with van der Waals surface area (Å²) < 4.78 is 36.6. The maximum Gasteiger partial charge on any atom is 0.417 e. The molecular formula is C10H10ClF3N2O. The van der Waals surface area contributed by atoms with Crippen LogP contribution in [0.1, 0.15) is 22.5 Å². The highest BCUT2D eigenvalue weighted by Gasteiger charge is 2.30. The molecule has 1 heterocycles. The number of hydrogen-bond acceptors (Lipinski definition) is 2. The minimum absolute atomic E-state index is 0.0485. The van der Waals surface area contributed by atoms with Gasteiger partial charge in [0.2, 0.25) is 0 Å². The van der Waals surface area contributed by atoms with Crippen LogP contribution in [0.15, 0.2) is 18.3 Å². The van der Waals surface area contributed by atoms with E-state index in [1.54, 1.807) is 0 Å². The van der Waals surface area contributed by atoms with Gasteiger partial charge in [-0.2, -0.15) is 13.2 Å². The van der Waals surface area contributed by atoms with Gasteiger partial charge in [-0.25, -0.2) is 0 Å². The molecule has 3 nitrogen and oxygen atoms in total. The molecule has 0 unspecified atom stereocenters. The summed E-state index contributed by atoms with van der Waals surface area (Å²) in [5, 5.41) is 2.49. The molecule has 0 aliphatic carbocycles. The zero-order valence-electron chi connectivity index (χ0n) is 8.72. The predicted molar refractivity (Wildman–Crippen MR) is 56.9 cm³/mol. The number of nitrogens with one attached hydrogen (secondary N) is 1. The van der Waals surface area contributed by atoms with Crippen LogP contribution in [0.2, 0.25) is 0 Å². The van der Waals surface area contributed by atoms with Crippen LogP contribution in [0.3, 0.4) is 0 Å². The average molecular weight is 267 g/mol. The molecule has 0 aromatic carbocycles. The zero-order valence-corrected chi connectivity index (χ0v) is 9.48. The van der Waals surface area contributed by atoms with Crippen molar-refractivity contribution in [3.8, 4) is 0 Å². The standard InChI is InChI=1S/C10H10ClF3N2O/c11-4-1-5-15-9(17)8-3-2-7(6-16-8)10(12,13)14/h2-3,6H,1,4-5H2,(H,15,17). The summed E-state index contributed by atoms with van der Waals surface area (Å²) in [6.45, 7) is 0.366. The summed E-state index contributed by atoms with van der Waals surface area (Å²) >= 11 is 5.41. The molecule has 1 rings (SSSR count). The van der Waals surface area contributed by atoms with Crippen molar-refractivity contribution in [1.82, 2.24) is 10.3 Å². The van der Waals surface area contributed by atoms with Gasteiger partial charge in [-0.05, 0) is 18.6 Å². The molecule has 0 saturated heterocycles. The SMILES string of the molecule is O=C(NCCCCl)c1ccc(C(F)(F)F)cn1. The molecule has 0 saturated carbocycles. The van der Waals surface area contributed by atoms with E-state index in [-0.39, 0.29) is 5.69 Å². The van der Waals surface area contributed by atoms with Gasteiger partial charge in [0.25, 0.3) is 5.91 Å². The van der Waals surface area contributed by atoms with E-state index in [1.165, 1.54) is 0 Å². The lowest BCUT2D eigenvalue weighted by atomic mass is 10.2. The second kappa shape index (κ2) is 5.86. The first-order chi connectivity index (χ1) is 7.95. The van der Waals surface area contributed by atoms with E-state index in [4.69, 9.17) is 11.6 Å². The van der Waals surface area contributed by atoms with Crippen LogP contribution in [-0.2, 0) is 6.18 Å². The highest BCUT2D eigenvalue weighted by molar-refractivity contribution is 6.17. The minimum Gasteiger partial charge on any atom is -0.351 e. The molecule has 1 amide bonds. The average Bonchev–Trinajstić information content (AvgIpc) is 2.28. The van der Waals surface area contributed by atoms with Gasteiger partial charge >= 0.3 is 6.18 Å². The zero-order chi connectivity index (χ0) is 12.9. The van der Waals surface area contributed by atoms with Crippen molar-refractivity contribution in [2.24, 2.45) is 0 Å². The quantitative estimate of drug-likeness (QED) is 0.672. The minimum atomic E-state index is -4.44. The van der Waals surface area contributed by atoms with Gasteiger partial charge < -0.3 is 5.32 Å². The molecule has 1 N–H and O–H groups in total. The van der Waals surface area contributed by atoms with Crippen LogP contribution >= 0.6 is 11.6 Å². The molecule has 7 heteroatoms. The molecule has 0 atom stereocenters. The normalized spacial score (nSPS) is 11.3. The van der Waals surface area contributed by atoms with Crippen LogP contribution < -0.4 is 5.32 Å². The third-order valence-electron chi connectivity index (χ3n) is 1.92. The number of rotatable bonds is 4. The highest BCUT2D eigenvalue weighted by Crippen LogP contribution is 2.28. The van der Waals surface area contributed by atoms with Crippen LogP contribution in [-0.4, -0.2) is 23.3 Å². The Bertz CT molecular complexity index is 378. The third kappa shape index (κ3) is 4.22. The van der Waals surface area contributed by atoms with Gasteiger partial charge in [-0.3, -0.25) is 9.78 Å². The van der Waals surface area contributed by atoms with Gasteiger partial charge in [0.1, 0.15) is 5.69 Å². The van der Waals surface area contributed by atoms with E-state index in [0.717, 1.165) is 12.1 Å². The Morgan fingerprint density at radius 3 is 2.59 bits per heavy atom. The van der Waals surface area contributed by atoms with E-state index in [0.29, 0.717) is 25.0 Å². The molecule has 0 aliphatic heterocycles. The van der Waals surface area contributed by atoms with E-state index in [2.05, 4.69) is 10.3 Å². The van der Waals surface area contributed by atoms with Crippen molar-refractivity contribution in [2.45, 2.75) is 12.6 Å². The first-order valence-electron chi connectivity index (χ1n) is 4.82. The summed E-state index contributed by atoms with van der Waals surface area (Å²) in [4.78, 5) is 14.8. The Labute approximate surface area is 101 Å². The Morgan fingerprint density at radius 1 is 1.41 bits per heavy atom. The Balaban J connectivity index is 2.64. The van der Waals surface area contributed by atoms with Crippen molar-refractivity contribution < 1.29 is 18.0 Å². The largest absolute Gasteiger partial charge is 0.417 e. The lowest BCUT2D eigenvalue weighted by molar-refractivity contribution is -0.137. The maximum absolute atomic E-state index is 12.2. The number of aromatic nitrogens is 1. The number of nitrogens with zero attached hydrogens (tertiary/aromatic N) is 1. The molecule has 0 spiro atoms. The lowest BCUT2D eigenvalue weighted by Crippen LogP contribution is -2.25. The highest BCUT2D eigenvalue weighted by atomic mass is 35.5. The van der Waals surface area contributed by atoms with Crippen LogP contribution in [0, 0.1) is 0 Å². The molecule has 0 fully saturated rings. The monoisotopic (exact) mass is 266 g/mol. The molecule has 0 aliphatic rings. The third-order valence-corrected chi connectivity index (χ3v) is 2.19. The summed E-state index contributed by atoms with van der Waals surface area (Å²) in [5.74, 6) is -0.107. The molecule has 0 bridgehead atoms. The number of pyridine rings is 1. The summed E-state index contributed by atoms with van der Waals surface area (Å²) in [6.07, 6.45) is -3.22. The van der Waals surface area contributed by atoms with E-state index in [9.17, 15) is 18.0 Å². The summed E-state index contributed by atoms with van der Waals surface area (Å²) in [6, 6.07) is 1.86. The molecule has 94 valence electrons. The van der Waals surface area contributed by atoms with Crippen molar-refractivity contribution in [1.29, 1.82) is 0 Å². The second-order valence-corrected chi connectivity index (χ2v) is 3.61. The smallest absolute Gasteiger partial charge is 0.351 e. The fourth-order valence-electron chi connectivity index (χ4n) is 1.06. The number of alkyl halides is 4. The molecule has 0 radical (unpaired) electrons. The molecule has 1 aromatic rings. The van der Waals surface area contributed by atoms with Crippen molar-refractivity contribution in [3.63, 3.8) is 0 Å². The van der Waals surface area contributed by atoms with Gasteiger partial charge in [0.15, 0.2) is 0 Å². The fourth-order valence-corrected chi connectivity index (χ4v) is 1.19. The second-order valence-electron chi connectivity index (χ2n) is 3.23. The Kier molecular flexibility index (Phi) is 4.74. The number of amides is 1. The maximum atomic E-state index is 12.2. The van der Waals surface area contributed by atoms with Gasteiger partial charge in [-0.1, -0.05) is 0 Å². The van der Waals surface area contributed by atoms with Crippen LogP contribution in [0.5, 0.6) is 0 Å². The van der Waals surface area contributed by atoms with E-state index in [1.807, 2.05) is 0 Å². The van der Waals surface area contributed by atoms with Gasteiger partial charge in [-0.15, -0.1) is 11.6 Å². The van der Waals surface area contributed by atoms with Crippen molar-refractivity contribution >= 4 is 17.5 Å². The van der Waals surface area contributed by atoms with Crippen molar-refractivity contribution in [2.75, 3.05) is 12.4 Å². The first-order valence-corrected chi connectivity index (χ1v) is 5.36. The predicted octanol–water partition coefficient (Wildman–Crippen LogP) is 2.46. The van der Waals surface area contributed by atoms with Gasteiger partial charge in [0, 0.05) is 18.6 Å². The first kappa shape index (κ1) is 13.8. The number of carbonyl (C=O) groups excluding carboxylic acids is 1. The van der Waals surface area contributed by atoms with Gasteiger partial charge in [0.05, 0.1) is 5.56 Å². The lowest BCUT2D eigenvalue weighted by Gasteiger charge is -2.07. The number of hydrogen-bond donors (Lipinski definition) is 1. The topological polar surface area (TPSA) is 42.0 Å². The Morgan fingerprint density at radius 2 is 2.12 bits per heavy atom. The number of carbonyl (C=O) groups is 1. The summed E-state index contributed by atoms with van der Waals surface area (Å²) in [7, 11) is 0. The molecule has 17 heavy (non-hydrogen) atoms. The number of halogens is 4. The van der Waals surface area contributed by atoms with E-state index < -0.39 is 17.6 Å². The summed E-state index contributed by atoms with van der Waals surface area (Å²) in [5.41, 5.74) is -0.928. The molecule has 1 aromatic heterocycles. The van der Waals surface area contributed by atoms with Crippen molar-refractivity contribution in [3.05, 3.63) is 29.6 Å². The van der Waals surface area contributed by atoms with Crippen LogP contribution in [0.25, 0.3) is 0 Å². The van der Waals surface area contributed by atoms with Crippen LogP contribution in [0.4, 0.5) is 13.2 Å². The molecular weight excluding hydrogens is 257 g/mol. The fraction of sp³-hybridized carbons (Fsp3) is 0.400.